The number of nitrogen functional groups attached to an aromatic ring is 1. The first-order chi connectivity index (χ1) is 10.0. The number of nitrogens with one attached hydrogen (secondary N) is 1. The third-order valence-electron chi connectivity index (χ3n) is 2.66. The van der Waals surface area contributed by atoms with Crippen molar-refractivity contribution in [3.8, 4) is 0 Å². The van der Waals surface area contributed by atoms with Gasteiger partial charge in [-0.3, -0.25) is 4.79 Å². The van der Waals surface area contributed by atoms with Gasteiger partial charge in [-0.25, -0.2) is 9.37 Å². The van der Waals surface area contributed by atoms with Crippen LogP contribution in [0.3, 0.4) is 0 Å². The van der Waals surface area contributed by atoms with Gasteiger partial charge in [-0.1, -0.05) is 29.0 Å². The van der Waals surface area contributed by atoms with E-state index in [-0.39, 0.29) is 17.5 Å². The molecule has 0 spiro atoms. The Morgan fingerprint density at radius 3 is 3.00 bits per heavy atom. The molecule has 0 fully saturated rings. The van der Waals surface area contributed by atoms with Crippen LogP contribution >= 0.6 is 34.7 Å². The quantitative estimate of drug-likeness (QED) is 0.872. The molecule has 1 heterocycles. The van der Waals surface area contributed by atoms with Crippen LogP contribution in [0.2, 0.25) is 5.02 Å². The maximum absolute atomic E-state index is 13.0. The van der Waals surface area contributed by atoms with Crippen molar-refractivity contribution in [3.05, 3.63) is 45.2 Å². The predicted molar refractivity (Wildman–Crippen MR) is 86.3 cm³/mol. The third-order valence-corrected chi connectivity index (χ3v) is 4.50. The first kappa shape index (κ1) is 16.1. The summed E-state index contributed by atoms with van der Waals surface area (Å²) in [5.74, 6) is -0.0467. The molecule has 112 valence electrons. The average Bonchev–Trinajstić information content (AvgIpc) is 2.79. The zero-order valence-electron chi connectivity index (χ0n) is 11.2. The first-order valence-corrected chi connectivity index (χ1v) is 8.56. The lowest BCUT2D eigenvalue weighted by Crippen LogP contribution is -2.23. The summed E-state index contributed by atoms with van der Waals surface area (Å²) < 4.78 is 13.0. The van der Waals surface area contributed by atoms with Crippen molar-refractivity contribution >= 4 is 45.7 Å². The maximum Gasteiger partial charge on any atom is 0.263 e. The van der Waals surface area contributed by atoms with Gasteiger partial charge < -0.3 is 11.1 Å². The van der Waals surface area contributed by atoms with Gasteiger partial charge in [0.05, 0.1) is 5.69 Å². The molecule has 0 unspecified atom stereocenters. The molecule has 4 nitrogen and oxygen atoms in total. The molecule has 2 aromatic rings. The van der Waals surface area contributed by atoms with E-state index in [2.05, 4.69) is 10.3 Å². The van der Waals surface area contributed by atoms with E-state index in [4.69, 9.17) is 17.3 Å². The highest BCUT2D eigenvalue weighted by Gasteiger charge is 2.17. The number of aromatic nitrogens is 1. The third kappa shape index (κ3) is 4.09. The fourth-order valence-electron chi connectivity index (χ4n) is 1.70. The van der Waals surface area contributed by atoms with Gasteiger partial charge in [0.2, 0.25) is 0 Å². The Hall–Kier alpha value is -1.31. The second-order valence-corrected chi connectivity index (χ2v) is 6.48. The summed E-state index contributed by atoms with van der Waals surface area (Å²) in [6, 6.07) is 4.06. The molecule has 1 amide bonds. The minimum Gasteiger partial charge on any atom is -0.375 e. The van der Waals surface area contributed by atoms with Crippen molar-refractivity contribution in [1.29, 1.82) is 0 Å². The Labute approximate surface area is 134 Å². The summed E-state index contributed by atoms with van der Waals surface area (Å²) in [5, 5.41) is 3.39. The van der Waals surface area contributed by atoms with E-state index in [0.717, 1.165) is 11.3 Å². The Bertz CT molecular complexity index is 663. The Morgan fingerprint density at radius 2 is 2.33 bits per heavy atom. The highest BCUT2D eigenvalue weighted by atomic mass is 35.5. The Balaban J connectivity index is 2.08. The predicted octanol–water partition coefficient (Wildman–Crippen LogP) is 3.31. The van der Waals surface area contributed by atoms with Crippen molar-refractivity contribution in [3.63, 3.8) is 0 Å². The van der Waals surface area contributed by atoms with Crippen molar-refractivity contribution in [2.24, 2.45) is 0 Å². The maximum atomic E-state index is 13.0. The van der Waals surface area contributed by atoms with E-state index in [1.54, 1.807) is 17.8 Å². The van der Waals surface area contributed by atoms with E-state index in [1.807, 2.05) is 6.26 Å². The van der Waals surface area contributed by atoms with E-state index in [0.29, 0.717) is 27.0 Å². The minimum atomic E-state index is -0.410. The van der Waals surface area contributed by atoms with Crippen molar-refractivity contribution in [2.75, 3.05) is 12.0 Å². The zero-order valence-corrected chi connectivity index (χ0v) is 13.5. The molecule has 8 heteroatoms. The molecule has 0 atom stereocenters. The molecule has 0 bridgehead atoms. The molecule has 0 radical (unpaired) electrons. The van der Waals surface area contributed by atoms with Gasteiger partial charge >= 0.3 is 0 Å². The average molecular weight is 346 g/mol. The van der Waals surface area contributed by atoms with E-state index < -0.39 is 5.82 Å². The van der Waals surface area contributed by atoms with Gasteiger partial charge in [0.25, 0.3) is 5.91 Å². The molecule has 1 aromatic heterocycles. The van der Waals surface area contributed by atoms with Crippen molar-refractivity contribution in [1.82, 2.24) is 10.3 Å². The van der Waals surface area contributed by atoms with Crippen molar-refractivity contribution < 1.29 is 9.18 Å². The van der Waals surface area contributed by atoms with Crippen LogP contribution in [0, 0.1) is 5.82 Å². The number of benzene rings is 1. The SMILES string of the molecule is CSCc1nc(N)sc1C(=O)NCc1ccc(F)cc1Cl. The molecular formula is C13H13ClFN3OS2. The fraction of sp³-hybridized carbons (Fsp3) is 0.231. The summed E-state index contributed by atoms with van der Waals surface area (Å²) >= 11 is 8.64. The second-order valence-electron chi connectivity index (χ2n) is 4.18. The molecule has 1 aromatic carbocycles. The number of hydrogen-bond acceptors (Lipinski definition) is 5. The fourth-order valence-corrected chi connectivity index (χ4v) is 3.28. The number of carbonyl (C=O) groups is 1. The number of rotatable bonds is 5. The van der Waals surface area contributed by atoms with Crippen LogP contribution in [0.25, 0.3) is 0 Å². The normalized spacial score (nSPS) is 10.6. The van der Waals surface area contributed by atoms with Crippen LogP contribution in [-0.4, -0.2) is 17.1 Å². The molecular weight excluding hydrogens is 333 g/mol. The van der Waals surface area contributed by atoms with Gasteiger partial charge in [-0.05, 0) is 24.0 Å². The van der Waals surface area contributed by atoms with Gasteiger partial charge in [-0.2, -0.15) is 11.8 Å². The van der Waals surface area contributed by atoms with Crippen LogP contribution < -0.4 is 11.1 Å². The lowest BCUT2D eigenvalue weighted by molar-refractivity contribution is 0.0954. The van der Waals surface area contributed by atoms with Crippen LogP contribution in [0.1, 0.15) is 20.9 Å². The van der Waals surface area contributed by atoms with Gasteiger partial charge in [-0.15, -0.1) is 0 Å². The molecule has 2 rings (SSSR count). The van der Waals surface area contributed by atoms with Crippen LogP contribution in [0.5, 0.6) is 0 Å². The molecule has 21 heavy (non-hydrogen) atoms. The minimum absolute atomic E-state index is 0.217. The van der Waals surface area contributed by atoms with Crippen molar-refractivity contribution in [2.45, 2.75) is 12.3 Å². The second kappa shape index (κ2) is 7.11. The number of thiazole rings is 1. The monoisotopic (exact) mass is 345 g/mol. The van der Waals surface area contributed by atoms with Crippen LogP contribution in [-0.2, 0) is 12.3 Å². The number of halogens is 2. The Kier molecular flexibility index (Phi) is 5.44. The molecule has 0 aliphatic rings. The smallest absolute Gasteiger partial charge is 0.263 e. The lowest BCUT2D eigenvalue weighted by atomic mass is 10.2. The summed E-state index contributed by atoms with van der Waals surface area (Å²) in [7, 11) is 0. The van der Waals surface area contributed by atoms with Crippen LogP contribution in [0.15, 0.2) is 18.2 Å². The molecule has 3 N–H and O–H groups in total. The number of anilines is 1. The molecule has 0 saturated heterocycles. The molecule has 0 saturated carbocycles. The molecule has 0 aliphatic heterocycles. The van der Waals surface area contributed by atoms with Gasteiger partial charge in [0.15, 0.2) is 5.13 Å². The van der Waals surface area contributed by atoms with Gasteiger partial charge in [0.1, 0.15) is 10.7 Å². The topological polar surface area (TPSA) is 68.0 Å². The van der Waals surface area contributed by atoms with Gasteiger partial charge in [0, 0.05) is 17.3 Å². The number of nitrogens with zero attached hydrogens (tertiary/aromatic N) is 1. The largest absolute Gasteiger partial charge is 0.375 e. The van der Waals surface area contributed by atoms with Crippen LogP contribution in [0.4, 0.5) is 9.52 Å². The number of nitrogens with two attached hydrogens (primary N) is 1. The molecule has 0 aliphatic carbocycles. The highest BCUT2D eigenvalue weighted by Crippen LogP contribution is 2.24. The Morgan fingerprint density at radius 1 is 1.57 bits per heavy atom. The lowest BCUT2D eigenvalue weighted by Gasteiger charge is -2.07. The summed E-state index contributed by atoms with van der Waals surface area (Å²) in [6.45, 7) is 0.217. The summed E-state index contributed by atoms with van der Waals surface area (Å²) in [5.41, 5.74) is 6.97. The van der Waals surface area contributed by atoms with E-state index >= 15 is 0 Å². The highest BCUT2D eigenvalue weighted by molar-refractivity contribution is 7.97. The van der Waals surface area contributed by atoms with E-state index in [1.165, 1.54) is 12.1 Å². The summed E-state index contributed by atoms with van der Waals surface area (Å²) in [6.07, 6.45) is 1.93. The number of amides is 1. The standard InChI is InChI=1S/C13H13ClFN3OS2/c1-20-6-10-11(21-13(16)18-10)12(19)17-5-7-2-3-8(15)4-9(7)14/h2-4H,5-6H2,1H3,(H2,16,18)(H,17,19). The summed E-state index contributed by atoms with van der Waals surface area (Å²) in [4.78, 5) is 16.8. The number of thioether (sulfide) groups is 1. The van der Waals surface area contributed by atoms with E-state index in [9.17, 15) is 9.18 Å². The first-order valence-electron chi connectivity index (χ1n) is 5.97. The number of carbonyl (C=O) groups excluding carboxylic acids is 1. The number of hydrogen-bond donors (Lipinski definition) is 2. The zero-order chi connectivity index (χ0) is 15.4.